The Morgan fingerprint density at radius 3 is 2.48 bits per heavy atom. The van der Waals surface area contributed by atoms with Gasteiger partial charge in [-0.25, -0.2) is 0 Å². The summed E-state index contributed by atoms with van der Waals surface area (Å²) in [6.45, 7) is 2.37. The van der Waals surface area contributed by atoms with E-state index in [0.717, 1.165) is 17.2 Å². The van der Waals surface area contributed by atoms with Crippen LogP contribution >= 0.6 is 11.6 Å². The fraction of sp³-hybridized carbons (Fsp3) is 0.200. The van der Waals surface area contributed by atoms with Crippen LogP contribution in [0.2, 0.25) is 5.02 Å². The highest BCUT2D eigenvalue weighted by molar-refractivity contribution is 6.46. The van der Waals surface area contributed by atoms with E-state index in [-0.39, 0.29) is 22.1 Å². The maximum atomic E-state index is 13.0. The number of fused-ring (bicyclic) bond motifs is 1. The Hall–Kier alpha value is -3.31. The molecular weight excluding hydrogens is 414 g/mol. The molecule has 1 aliphatic heterocycles. The number of rotatable bonds is 5. The molecule has 6 heteroatoms. The largest absolute Gasteiger partial charge is 0.507 e. The number of phenolic OH excluding ortho intramolecular Hbond substituents is 1. The van der Waals surface area contributed by atoms with Crippen molar-refractivity contribution < 1.29 is 19.8 Å². The number of nitrogens with zero attached hydrogens (tertiary/aromatic N) is 1. The van der Waals surface area contributed by atoms with E-state index in [4.69, 9.17) is 11.6 Å². The summed E-state index contributed by atoms with van der Waals surface area (Å²) in [5, 5.41) is 23.0. The molecule has 1 heterocycles. The van der Waals surface area contributed by atoms with Gasteiger partial charge in [-0.2, -0.15) is 0 Å². The third-order valence-corrected chi connectivity index (χ3v) is 5.91. The summed E-state index contributed by atoms with van der Waals surface area (Å²) >= 11 is 6.11. The highest BCUT2D eigenvalue weighted by Gasteiger charge is 2.45. The van der Waals surface area contributed by atoms with E-state index in [1.807, 2.05) is 37.3 Å². The molecule has 5 nitrogen and oxygen atoms in total. The van der Waals surface area contributed by atoms with Crippen LogP contribution in [0.25, 0.3) is 16.5 Å². The highest BCUT2D eigenvalue weighted by atomic mass is 35.5. The molecular formula is C25H22ClNO4. The molecule has 0 aromatic heterocycles. The van der Waals surface area contributed by atoms with E-state index < -0.39 is 17.7 Å². The fourth-order valence-electron chi connectivity index (χ4n) is 3.97. The number of unbranched alkanes of at least 4 members (excludes halogenated alkanes) is 1. The SMILES string of the molecule is CCCCN1C(=O)C(=O)/C(=C(\O)c2ccc3ccccc3c2)C1c1ccc(O)c(Cl)c1. The summed E-state index contributed by atoms with van der Waals surface area (Å²) < 4.78 is 0. The molecule has 1 amide bonds. The van der Waals surface area contributed by atoms with Crippen molar-refractivity contribution in [3.63, 3.8) is 0 Å². The van der Waals surface area contributed by atoms with Gasteiger partial charge in [-0.05, 0) is 41.0 Å². The molecule has 1 atom stereocenters. The average Bonchev–Trinajstić information content (AvgIpc) is 3.03. The minimum atomic E-state index is -0.781. The average molecular weight is 436 g/mol. The summed E-state index contributed by atoms with van der Waals surface area (Å²) in [6.07, 6.45) is 1.56. The number of Topliss-reactive ketones (excluding diaryl/α,β-unsaturated/α-hetero) is 1. The number of carbonyl (C=O) groups is 2. The van der Waals surface area contributed by atoms with Crippen molar-refractivity contribution in [3.8, 4) is 5.75 Å². The number of benzene rings is 3. The maximum absolute atomic E-state index is 13.0. The van der Waals surface area contributed by atoms with Crippen molar-refractivity contribution in [2.45, 2.75) is 25.8 Å². The maximum Gasteiger partial charge on any atom is 0.295 e. The van der Waals surface area contributed by atoms with Gasteiger partial charge in [0.05, 0.1) is 16.6 Å². The molecule has 0 saturated carbocycles. The Balaban J connectivity index is 1.89. The molecule has 31 heavy (non-hydrogen) atoms. The molecule has 3 aromatic carbocycles. The molecule has 0 bridgehead atoms. The lowest BCUT2D eigenvalue weighted by atomic mass is 9.94. The van der Waals surface area contributed by atoms with Crippen molar-refractivity contribution in [1.82, 2.24) is 4.90 Å². The molecule has 0 spiro atoms. The zero-order valence-electron chi connectivity index (χ0n) is 17.0. The Morgan fingerprint density at radius 1 is 1.03 bits per heavy atom. The van der Waals surface area contributed by atoms with Gasteiger partial charge in [-0.3, -0.25) is 9.59 Å². The van der Waals surface area contributed by atoms with Crippen LogP contribution in [0.15, 0.2) is 66.2 Å². The number of aromatic hydroxyl groups is 1. The number of aliphatic hydroxyl groups is 1. The van der Waals surface area contributed by atoms with Crippen molar-refractivity contribution >= 4 is 39.8 Å². The lowest BCUT2D eigenvalue weighted by Gasteiger charge is -2.25. The van der Waals surface area contributed by atoms with Gasteiger partial charge in [0.25, 0.3) is 11.7 Å². The Morgan fingerprint density at radius 2 is 1.77 bits per heavy atom. The van der Waals surface area contributed by atoms with E-state index in [2.05, 4.69) is 0 Å². The van der Waals surface area contributed by atoms with Gasteiger partial charge in [0, 0.05) is 12.1 Å². The minimum Gasteiger partial charge on any atom is -0.507 e. The smallest absolute Gasteiger partial charge is 0.295 e. The van der Waals surface area contributed by atoms with Gasteiger partial charge < -0.3 is 15.1 Å². The number of hydrogen-bond donors (Lipinski definition) is 2. The molecule has 1 fully saturated rings. The molecule has 2 N–H and O–H groups in total. The Kier molecular flexibility index (Phi) is 5.70. The van der Waals surface area contributed by atoms with Crippen LogP contribution in [0.5, 0.6) is 5.75 Å². The number of hydrogen-bond acceptors (Lipinski definition) is 4. The van der Waals surface area contributed by atoms with Crippen LogP contribution in [0.3, 0.4) is 0 Å². The monoisotopic (exact) mass is 435 g/mol. The topological polar surface area (TPSA) is 77.8 Å². The molecule has 0 aliphatic carbocycles. The van der Waals surface area contributed by atoms with Crippen LogP contribution in [-0.4, -0.2) is 33.3 Å². The normalized spacial score (nSPS) is 18.1. The first-order valence-corrected chi connectivity index (χ1v) is 10.6. The van der Waals surface area contributed by atoms with Crippen molar-refractivity contribution in [2.75, 3.05) is 6.54 Å². The van der Waals surface area contributed by atoms with E-state index in [0.29, 0.717) is 24.1 Å². The number of likely N-dealkylation sites (tertiary alicyclic amines) is 1. The lowest BCUT2D eigenvalue weighted by molar-refractivity contribution is -0.139. The summed E-state index contributed by atoms with van der Waals surface area (Å²) in [7, 11) is 0. The van der Waals surface area contributed by atoms with Crippen LogP contribution < -0.4 is 0 Å². The van der Waals surface area contributed by atoms with Crippen molar-refractivity contribution in [1.29, 1.82) is 0 Å². The quantitative estimate of drug-likeness (QED) is 0.318. The number of halogens is 1. The summed E-state index contributed by atoms with van der Waals surface area (Å²) in [5.41, 5.74) is 1.04. The highest BCUT2D eigenvalue weighted by Crippen LogP contribution is 2.41. The second-order valence-electron chi connectivity index (χ2n) is 7.62. The number of amides is 1. The standard InChI is InChI=1S/C25H22ClNO4/c1-2-3-12-27-22(17-10-11-20(28)19(26)14-17)21(24(30)25(27)31)23(29)18-9-8-15-6-4-5-7-16(15)13-18/h4-11,13-14,22,28-29H,2-3,12H2,1H3/b23-21-. The second-order valence-corrected chi connectivity index (χ2v) is 8.03. The van der Waals surface area contributed by atoms with Crippen molar-refractivity contribution in [2.24, 2.45) is 0 Å². The number of aliphatic hydroxyl groups excluding tert-OH is 1. The predicted octanol–water partition coefficient (Wildman–Crippen LogP) is 5.42. The van der Waals surface area contributed by atoms with Gasteiger partial charge in [-0.15, -0.1) is 0 Å². The lowest BCUT2D eigenvalue weighted by Crippen LogP contribution is -2.30. The van der Waals surface area contributed by atoms with Crippen LogP contribution in [0.4, 0.5) is 0 Å². The first kappa shape index (κ1) is 20.9. The van der Waals surface area contributed by atoms with E-state index in [9.17, 15) is 19.8 Å². The Labute approximate surface area is 185 Å². The van der Waals surface area contributed by atoms with Gasteiger partial charge in [0.1, 0.15) is 11.5 Å². The second kappa shape index (κ2) is 8.44. The zero-order valence-corrected chi connectivity index (χ0v) is 17.8. The molecule has 0 radical (unpaired) electrons. The molecule has 1 aliphatic rings. The number of carbonyl (C=O) groups excluding carboxylic acids is 2. The molecule has 1 saturated heterocycles. The van der Waals surface area contributed by atoms with E-state index in [1.54, 1.807) is 18.2 Å². The first-order chi connectivity index (χ1) is 14.9. The van der Waals surface area contributed by atoms with Crippen molar-refractivity contribution in [3.05, 3.63) is 82.4 Å². The Bertz CT molecular complexity index is 1220. The fourth-order valence-corrected chi connectivity index (χ4v) is 4.16. The van der Waals surface area contributed by atoms with E-state index >= 15 is 0 Å². The third-order valence-electron chi connectivity index (χ3n) is 5.60. The van der Waals surface area contributed by atoms with Crippen LogP contribution in [0.1, 0.15) is 36.9 Å². The molecule has 158 valence electrons. The van der Waals surface area contributed by atoms with Crippen LogP contribution in [-0.2, 0) is 9.59 Å². The number of ketones is 1. The van der Waals surface area contributed by atoms with Gasteiger partial charge in [0.15, 0.2) is 0 Å². The minimum absolute atomic E-state index is 0.0261. The molecule has 3 aromatic rings. The summed E-state index contributed by atoms with van der Waals surface area (Å²) in [5.74, 6) is -1.69. The van der Waals surface area contributed by atoms with E-state index in [1.165, 1.54) is 17.0 Å². The summed E-state index contributed by atoms with van der Waals surface area (Å²) in [6, 6.07) is 16.9. The predicted molar refractivity (Wildman–Crippen MR) is 121 cm³/mol. The zero-order chi connectivity index (χ0) is 22.1. The molecule has 4 rings (SSSR count). The third kappa shape index (κ3) is 3.77. The van der Waals surface area contributed by atoms with Gasteiger partial charge >= 0.3 is 0 Å². The van der Waals surface area contributed by atoms with Gasteiger partial charge in [0.2, 0.25) is 0 Å². The number of phenols is 1. The first-order valence-electron chi connectivity index (χ1n) is 10.2. The van der Waals surface area contributed by atoms with Gasteiger partial charge in [-0.1, -0.05) is 67.4 Å². The summed E-state index contributed by atoms with van der Waals surface area (Å²) in [4.78, 5) is 27.3. The van der Waals surface area contributed by atoms with Crippen LogP contribution in [0, 0.1) is 0 Å². The molecule has 1 unspecified atom stereocenters.